The van der Waals surface area contributed by atoms with Gasteiger partial charge < -0.3 is 5.32 Å². The molecule has 5 nitrogen and oxygen atoms in total. The van der Waals surface area contributed by atoms with Crippen molar-refractivity contribution in [3.63, 3.8) is 0 Å². The van der Waals surface area contributed by atoms with Crippen LogP contribution in [0, 0.1) is 0 Å². The van der Waals surface area contributed by atoms with Crippen molar-refractivity contribution >= 4 is 29.1 Å². The number of carbonyl (C=O) groups excluding carboxylic acids is 2. The van der Waals surface area contributed by atoms with E-state index in [0.717, 1.165) is 11.3 Å². The highest BCUT2D eigenvalue weighted by molar-refractivity contribution is 6.33. The normalized spacial score (nSPS) is 10.2. The Bertz CT molecular complexity index is 933. The lowest BCUT2D eigenvalue weighted by atomic mass is 10.2. The molecule has 0 heterocycles. The molecular formula is C22H20ClN3O2. The van der Waals surface area contributed by atoms with Gasteiger partial charge in [-0.2, -0.15) is 0 Å². The number of hydrogen-bond acceptors (Lipinski definition) is 3. The molecule has 3 rings (SSSR count). The molecule has 0 radical (unpaired) electrons. The van der Waals surface area contributed by atoms with E-state index in [1.807, 2.05) is 60.7 Å². The molecule has 0 fully saturated rings. The summed E-state index contributed by atoms with van der Waals surface area (Å²) in [6.45, 7) is 0.331. The number of nitrogens with zero attached hydrogens (tertiary/aromatic N) is 1. The van der Waals surface area contributed by atoms with Crippen LogP contribution in [0.1, 0.15) is 15.9 Å². The number of hydrazine groups is 1. The van der Waals surface area contributed by atoms with Crippen LogP contribution in [-0.4, -0.2) is 18.4 Å². The van der Waals surface area contributed by atoms with Crippen molar-refractivity contribution in [2.24, 2.45) is 0 Å². The number of rotatable bonds is 7. The summed E-state index contributed by atoms with van der Waals surface area (Å²) in [4.78, 5) is 24.7. The van der Waals surface area contributed by atoms with E-state index < -0.39 is 5.91 Å². The molecule has 0 saturated carbocycles. The molecule has 0 aliphatic heterocycles. The van der Waals surface area contributed by atoms with Crippen LogP contribution < -0.4 is 15.8 Å². The maximum absolute atomic E-state index is 12.4. The second-order valence-electron chi connectivity index (χ2n) is 6.10. The molecule has 0 spiro atoms. The van der Waals surface area contributed by atoms with Gasteiger partial charge in [0.05, 0.1) is 29.4 Å². The summed E-state index contributed by atoms with van der Waals surface area (Å²) < 4.78 is 0. The average molecular weight is 394 g/mol. The highest BCUT2D eigenvalue weighted by Crippen LogP contribution is 2.15. The fourth-order valence-corrected chi connectivity index (χ4v) is 2.88. The molecule has 142 valence electrons. The predicted molar refractivity (Wildman–Crippen MR) is 111 cm³/mol. The van der Waals surface area contributed by atoms with Gasteiger partial charge in [-0.15, -0.1) is 0 Å². The van der Waals surface area contributed by atoms with E-state index in [0.29, 0.717) is 17.1 Å². The third-order valence-corrected chi connectivity index (χ3v) is 4.37. The van der Waals surface area contributed by atoms with Crippen LogP contribution in [0.5, 0.6) is 0 Å². The van der Waals surface area contributed by atoms with Gasteiger partial charge in [0.15, 0.2) is 0 Å². The molecule has 0 atom stereocenters. The summed E-state index contributed by atoms with van der Waals surface area (Å²) in [5.41, 5.74) is 5.08. The zero-order valence-corrected chi connectivity index (χ0v) is 15.9. The average Bonchev–Trinajstić information content (AvgIpc) is 2.73. The first-order valence-electron chi connectivity index (χ1n) is 8.82. The largest absolute Gasteiger partial charge is 0.343 e. The van der Waals surface area contributed by atoms with Crippen LogP contribution in [0.2, 0.25) is 5.02 Å². The van der Waals surface area contributed by atoms with Gasteiger partial charge in [0.25, 0.3) is 11.8 Å². The first-order valence-corrected chi connectivity index (χ1v) is 9.20. The van der Waals surface area contributed by atoms with Crippen LogP contribution in [0.25, 0.3) is 0 Å². The van der Waals surface area contributed by atoms with E-state index in [-0.39, 0.29) is 12.5 Å². The van der Waals surface area contributed by atoms with Crippen molar-refractivity contribution in [2.75, 3.05) is 11.6 Å². The number of nitrogens with one attached hydrogen (secondary N) is 2. The van der Waals surface area contributed by atoms with Crippen molar-refractivity contribution in [3.8, 4) is 0 Å². The van der Waals surface area contributed by atoms with E-state index in [1.54, 1.807) is 29.3 Å². The van der Waals surface area contributed by atoms with Crippen molar-refractivity contribution in [3.05, 3.63) is 101 Å². The standard InChI is InChI=1S/C22H20ClN3O2/c23-20-14-8-7-13-19(20)22(28)24-15-21(27)25-26(18-11-5-2-6-12-18)16-17-9-3-1-4-10-17/h1-14H,15-16H2,(H,24,28)(H,25,27). The Morgan fingerprint density at radius 3 is 2.11 bits per heavy atom. The fraction of sp³-hybridized carbons (Fsp3) is 0.0909. The van der Waals surface area contributed by atoms with E-state index >= 15 is 0 Å². The van der Waals surface area contributed by atoms with Gasteiger partial charge in [-0.05, 0) is 29.8 Å². The molecule has 2 amide bonds. The van der Waals surface area contributed by atoms with E-state index in [9.17, 15) is 9.59 Å². The first-order chi connectivity index (χ1) is 13.6. The molecule has 0 aliphatic carbocycles. The van der Waals surface area contributed by atoms with Crippen molar-refractivity contribution in [1.82, 2.24) is 10.7 Å². The van der Waals surface area contributed by atoms with E-state index in [4.69, 9.17) is 11.6 Å². The lowest BCUT2D eigenvalue weighted by molar-refractivity contribution is -0.120. The van der Waals surface area contributed by atoms with Crippen LogP contribution in [0.15, 0.2) is 84.9 Å². The number of para-hydroxylation sites is 1. The minimum absolute atomic E-state index is 0.165. The third-order valence-electron chi connectivity index (χ3n) is 4.04. The monoisotopic (exact) mass is 393 g/mol. The number of carbonyl (C=O) groups is 2. The van der Waals surface area contributed by atoms with Crippen LogP contribution in [0.3, 0.4) is 0 Å². The Morgan fingerprint density at radius 2 is 1.43 bits per heavy atom. The van der Waals surface area contributed by atoms with Gasteiger partial charge in [-0.25, -0.2) is 0 Å². The Labute approximate surface area is 168 Å². The van der Waals surface area contributed by atoms with Crippen molar-refractivity contribution in [2.45, 2.75) is 6.54 Å². The molecule has 0 saturated heterocycles. The molecule has 6 heteroatoms. The third kappa shape index (κ3) is 5.34. The van der Waals surface area contributed by atoms with Crippen LogP contribution in [-0.2, 0) is 11.3 Å². The van der Waals surface area contributed by atoms with Crippen molar-refractivity contribution < 1.29 is 9.59 Å². The van der Waals surface area contributed by atoms with Gasteiger partial charge in [0.1, 0.15) is 0 Å². The van der Waals surface area contributed by atoms with Crippen LogP contribution >= 0.6 is 11.6 Å². The Balaban J connectivity index is 1.64. The van der Waals surface area contributed by atoms with Gasteiger partial charge in [-0.3, -0.25) is 20.0 Å². The summed E-state index contributed by atoms with van der Waals surface area (Å²) in [5.74, 6) is -0.727. The highest BCUT2D eigenvalue weighted by Gasteiger charge is 2.14. The smallest absolute Gasteiger partial charge is 0.257 e. The summed E-state index contributed by atoms with van der Waals surface area (Å²) in [5, 5.41) is 4.69. The summed E-state index contributed by atoms with van der Waals surface area (Å²) in [6.07, 6.45) is 0. The molecular weight excluding hydrogens is 374 g/mol. The first kappa shape index (κ1) is 19.5. The van der Waals surface area contributed by atoms with E-state index in [2.05, 4.69) is 10.7 Å². The second kappa shape index (κ2) is 9.58. The van der Waals surface area contributed by atoms with Crippen molar-refractivity contribution in [1.29, 1.82) is 0 Å². The van der Waals surface area contributed by atoms with Gasteiger partial charge in [0, 0.05) is 0 Å². The fourth-order valence-electron chi connectivity index (χ4n) is 2.66. The van der Waals surface area contributed by atoms with E-state index in [1.165, 1.54) is 0 Å². The SMILES string of the molecule is O=C(CNC(=O)c1ccccc1Cl)NN(Cc1ccccc1)c1ccccc1. The topological polar surface area (TPSA) is 61.4 Å². The Hall–Kier alpha value is -3.31. The molecule has 3 aromatic carbocycles. The lowest BCUT2D eigenvalue weighted by Crippen LogP contribution is -2.46. The van der Waals surface area contributed by atoms with Crippen LogP contribution in [0.4, 0.5) is 5.69 Å². The number of benzene rings is 3. The maximum Gasteiger partial charge on any atom is 0.257 e. The van der Waals surface area contributed by atoms with Gasteiger partial charge in [0.2, 0.25) is 0 Å². The Morgan fingerprint density at radius 1 is 0.821 bits per heavy atom. The number of amides is 2. The van der Waals surface area contributed by atoms with Gasteiger partial charge >= 0.3 is 0 Å². The minimum atomic E-state index is -0.393. The molecule has 0 aromatic heterocycles. The zero-order chi connectivity index (χ0) is 19.8. The number of hydrogen-bond donors (Lipinski definition) is 2. The predicted octanol–water partition coefficient (Wildman–Crippen LogP) is 3.81. The lowest BCUT2D eigenvalue weighted by Gasteiger charge is -2.25. The summed E-state index contributed by atoms with van der Waals surface area (Å²) >= 11 is 6.02. The number of halogens is 1. The minimum Gasteiger partial charge on any atom is -0.343 e. The molecule has 0 bridgehead atoms. The summed E-state index contributed by atoms with van der Waals surface area (Å²) in [6, 6.07) is 26.1. The quantitative estimate of drug-likeness (QED) is 0.600. The zero-order valence-electron chi connectivity index (χ0n) is 15.1. The molecule has 3 aromatic rings. The molecule has 0 unspecified atom stereocenters. The molecule has 0 aliphatic rings. The van der Waals surface area contributed by atoms with Gasteiger partial charge in [-0.1, -0.05) is 72.3 Å². The molecule has 2 N–H and O–H groups in total. The second-order valence-corrected chi connectivity index (χ2v) is 6.51. The Kier molecular flexibility index (Phi) is 6.65. The summed E-state index contributed by atoms with van der Waals surface area (Å²) in [7, 11) is 0. The molecule has 28 heavy (non-hydrogen) atoms. The highest BCUT2D eigenvalue weighted by atomic mass is 35.5. The number of anilines is 1. The maximum atomic E-state index is 12.4.